The summed E-state index contributed by atoms with van der Waals surface area (Å²) < 4.78 is 11.8. The topological polar surface area (TPSA) is 59.9 Å². The lowest BCUT2D eigenvalue weighted by Crippen LogP contribution is -2.43. The Bertz CT molecular complexity index is 1370. The first-order valence-electron chi connectivity index (χ1n) is 12.7. The van der Waals surface area contributed by atoms with Crippen LogP contribution in [0.5, 0.6) is 0 Å². The van der Waals surface area contributed by atoms with E-state index in [1.807, 2.05) is 84.9 Å². The number of alkyl carbamates (subject to hydrolysis) is 1. The number of amides is 1. The lowest BCUT2D eigenvalue weighted by molar-refractivity contribution is 0.140. The fourth-order valence-corrected chi connectivity index (χ4v) is 5.26. The van der Waals surface area contributed by atoms with E-state index < -0.39 is 12.1 Å². The summed E-state index contributed by atoms with van der Waals surface area (Å²) in [5, 5.41) is 3.03. The van der Waals surface area contributed by atoms with Gasteiger partial charge < -0.3 is 14.8 Å². The van der Waals surface area contributed by atoms with Crippen molar-refractivity contribution >= 4 is 12.0 Å². The molecule has 2 atom stereocenters. The first-order valence-corrected chi connectivity index (χ1v) is 12.7. The minimum Gasteiger partial charge on any atom is -0.477 e. The first-order chi connectivity index (χ1) is 18.3. The molecule has 2 aliphatic rings. The van der Waals surface area contributed by atoms with Gasteiger partial charge in [-0.25, -0.2) is 9.79 Å². The van der Waals surface area contributed by atoms with Gasteiger partial charge in [-0.15, -0.1) is 0 Å². The number of fused-ring (bicyclic) bond motifs is 3. The van der Waals surface area contributed by atoms with Crippen LogP contribution < -0.4 is 5.32 Å². The van der Waals surface area contributed by atoms with Crippen LogP contribution in [0.2, 0.25) is 0 Å². The lowest BCUT2D eigenvalue weighted by atomic mass is 9.98. The fourth-order valence-electron chi connectivity index (χ4n) is 5.26. The summed E-state index contributed by atoms with van der Waals surface area (Å²) in [6.45, 7) is 0.717. The second-order valence-electron chi connectivity index (χ2n) is 9.42. The van der Waals surface area contributed by atoms with Crippen molar-refractivity contribution in [1.29, 1.82) is 0 Å². The van der Waals surface area contributed by atoms with Crippen LogP contribution >= 0.6 is 0 Å². The largest absolute Gasteiger partial charge is 0.477 e. The van der Waals surface area contributed by atoms with E-state index in [0.29, 0.717) is 18.9 Å². The van der Waals surface area contributed by atoms with E-state index >= 15 is 0 Å². The summed E-state index contributed by atoms with van der Waals surface area (Å²) in [5.74, 6) is 0.541. The molecule has 4 aromatic carbocycles. The molecule has 1 aliphatic heterocycles. The summed E-state index contributed by atoms with van der Waals surface area (Å²) in [5.41, 5.74) is 6.96. The van der Waals surface area contributed by atoms with Crippen molar-refractivity contribution in [2.24, 2.45) is 4.99 Å². The lowest BCUT2D eigenvalue weighted by Gasteiger charge is -2.20. The molecule has 1 heterocycles. The highest BCUT2D eigenvalue weighted by Gasteiger charge is 2.31. The molecule has 0 saturated carbocycles. The molecule has 1 N–H and O–H groups in total. The standard InChI is InChI=1S/C32H28N2O3/c35-32(37-20-28-26-17-9-7-15-24(26)25-16-8-10-18-27(25)28)34-29(19-22-11-3-1-4-12-22)31-33-30(21-36-31)23-13-5-2-6-14-23/h1-18,28-30H,19-21H2,(H,34,35)/t29-,30+/m0/s1. The number of nitrogens with zero attached hydrogens (tertiary/aromatic N) is 1. The number of rotatable bonds is 7. The van der Waals surface area contributed by atoms with E-state index in [0.717, 1.165) is 11.1 Å². The molecule has 5 nitrogen and oxygen atoms in total. The Hall–Kier alpha value is -4.38. The maximum absolute atomic E-state index is 13.1. The molecular weight excluding hydrogens is 460 g/mol. The van der Waals surface area contributed by atoms with Gasteiger partial charge in [-0.3, -0.25) is 0 Å². The van der Waals surface area contributed by atoms with E-state index in [1.165, 1.54) is 22.3 Å². The van der Waals surface area contributed by atoms with Crippen LogP contribution in [0.3, 0.4) is 0 Å². The zero-order valence-corrected chi connectivity index (χ0v) is 20.4. The Labute approximate surface area is 216 Å². The molecule has 0 spiro atoms. The number of carbonyl (C=O) groups is 1. The summed E-state index contributed by atoms with van der Waals surface area (Å²) >= 11 is 0. The van der Waals surface area contributed by atoms with Crippen molar-refractivity contribution in [2.75, 3.05) is 13.2 Å². The van der Waals surface area contributed by atoms with E-state index in [4.69, 9.17) is 14.5 Å². The molecule has 0 fully saturated rings. The van der Waals surface area contributed by atoms with E-state index in [2.05, 4.69) is 29.6 Å². The van der Waals surface area contributed by atoms with Crippen molar-refractivity contribution in [2.45, 2.75) is 24.4 Å². The van der Waals surface area contributed by atoms with Gasteiger partial charge >= 0.3 is 6.09 Å². The Balaban J connectivity index is 1.18. The Morgan fingerprint density at radius 1 is 0.838 bits per heavy atom. The van der Waals surface area contributed by atoms with Crippen LogP contribution in [0.4, 0.5) is 4.79 Å². The third kappa shape index (κ3) is 4.85. The average Bonchev–Trinajstić information content (AvgIpc) is 3.56. The van der Waals surface area contributed by atoms with Crippen LogP contribution in [0.25, 0.3) is 11.1 Å². The van der Waals surface area contributed by atoms with Gasteiger partial charge in [0.2, 0.25) is 5.90 Å². The highest BCUT2D eigenvalue weighted by atomic mass is 16.5. The van der Waals surface area contributed by atoms with Gasteiger partial charge in [0.15, 0.2) is 0 Å². The maximum atomic E-state index is 13.1. The predicted octanol–water partition coefficient (Wildman–Crippen LogP) is 6.31. The van der Waals surface area contributed by atoms with Crippen molar-refractivity contribution in [3.8, 4) is 11.1 Å². The Kier molecular flexibility index (Phi) is 6.42. The Morgan fingerprint density at radius 3 is 2.11 bits per heavy atom. The third-order valence-corrected chi connectivity index (χ3v) is 7.07. The molecule has 5 heteroatoms. The van der Waals surface area contributed by atoms with Gasteiger partial charge in [-0.2, -0.15) is 0 Å². The molecule has 0 radical (unpaired) electrons. The number of carbonyl (C=O) groups excluding carboxylic acids is 1. The normalized spacial score (nSPS) is 16.8. The third-order valence-electron chi connectivity index (χ3n) is 7.07. The molecule has 4 aromatic rings. The molecule has 0 bridgehead atoms. The van der Waals surface area contributed by atoms with Crippen LogP contribution in [0, 0.1) is 0 Å². The molecule has 0 unspecified atom stereocenters. The summed E-state index contributed by atoms with van der Waals surface area (Å²) in [6.07, 6.45) is 0.0861. The second-order valence-corrected chi connectivity index (χ2v) is 9.42. The summed E-state index contributed by atoms with van der Waals surface area (Å²) in [7, 11) is 0. The van der Waals surface area contributed by atoms with Crippen LogP contribution in [0.1, 0.15) is 34.2 Å². The number of nitrogens with one attached hydrogen (secondary N) is 1. The van der Waals surface area contributed by atoms with Crippen molar-refractivity contribution in [3.63, 3.8) is 0 Å². The molecule has 184 valence electrons. The quantitative estimate of drug-likeness (QED) is 0.332. The van der Waals surface area contributed by atoms with Gasteiger partial charge in [0.25, 0.3) is 0 Å². The monoisotopic (exact) mass is 488 g/mol. The molecule has 1 aliphatic carbocycles. The predicted molar refractivity (Wildman–Crippen MR) is 145 cm³/mol. The molecular formula is C32H28N2O3. The van der Waals surface area contributed by atoms with Gasteiger partial charge in [-0.1, -0.05) is 109 Å². The number of benzene rings is 4. The SMILES string of the molecule is O=C(N[C@@H](Cc1ccccc1)C1=N[C@@H](c2ccccc2)CO1)OCC1c2ccccc2-c2ccccc21. The highest BCUT2D eigenvalue weighted by Crippen LogP contribution is 2.44. The minimum atomic E-state index is -0.475. The second kappa shape index (κ2) is 10.3. The molecule has 37 heavy (non-hydrogen) atoms. The summed E-state index contributed by atoms with van der Waals surface area (Å²) in [4.78, 5) is 17.9. The molecule has 6 rings (SSSR count). The van der Waals surface area contributed by atoms with E-state index in [1.54, 1.807) is 0 Å². The maximum Gasteiger partial charge on any atom is 0.407 e. The van der Waals surface area contributed by atoms with E-state index in [-0.39, 0.29) is 18.6 Å². The smallest absolute Gasteiger partial charge is 0.407 e. The number of ether oxygens (including phenoxy) is 2. The van der Waals surface area contributed by atoms with Crippen molar-refractivity contribution < 1.29 is 14.3 Å². The van der Waals surface area contributed by atoms with Crippen LogP contribution in [-0.4, -0.2) is 31.2 Å². The Morgan fingerprint density at radius 2 is 1.43 bits per heavy atom. The highest BCUT2D eigenvalue weighted by molar-refractivity contribution is 5.87. The van der Waals surface area contributed by atoms with Crippen molar-refractivity contribution in [1.82, 2.24) is 5.32 Å². The van der Waals surface area contributed by atoms with Gasteiger partial charge in [0.05, 0.1) is 0 Å². The molecule has 0 saturated heterocycles. The first kappa shape index (κ1) is 23.0. The number of hydrogen-bond acceptors (Lipinski definition) is 4. The van der Waals surface area contributed by atoms with Crippen LogP contribution in [0.15, 0.2) is 114 Å². The average molecular weight is 489 g/mol. The van der Waals surface area contributed by atoms with E-state index in [9.17, 15) is 4.79 Å². The number of hydrogen-bond donors (Lipinski definition) is 1. The summed E-state index contributed by atoms with van der Waals surface area (Å²) in [6, 6.07) is 36.3. The zero-order chi connectivity index (χ0) is 25.0. The van der Waals surface area contributed by atoms with Gasteiger partial charge in [0.1, 0.15) is 25.3 Å². The van der Waals surface area contributed by atoms with Gasteiger partial charge in [0, 0.05) is 12.3 Å². The van der Waals surface area contributed by atoms with Crippen molar-refractivity contribution in [3.05, 3.63) is 131 Å². The molecule has 1 amide bonds. The minimum absolute atomic E-state index is 0.00764. The van der Waals surface area contributed by atoms with Gasteiger partial charge in [-0.05, 0) is 33.4 Å². The van der Waals surface area contributed by atoms with Crippen LogP contribution in [-0.2, 0) is 15.9 Å². The number of aliphatic imine (C=N–C) groups is 1. The fraction of sp³-hybridized carbons (Fsp3) is 0.188. The molecule has 0 aromatic heterocycles. The zero-order valence-electron chi connectivity index (χ0n) is 20.4.